The SMILES string of the molecule is COC(=O)c1c(F)cc(-c2ccc(Cl)cc2Cl)cc1F. The number of carbonyl (C=O) groups is 1. The zero-order valence-corrected chi connectivity index (χ0v) is 11.7. The quantitative estimate of drug-likeness (QED) is 0.749. The molecule has 0 heterocycles. The Morgan fingerprint density at radius 2 is 1.70 bits per heavy atom. The average Bonchev–Trinajstić information content (AvgIpc) is 2.37. The highest BCUT2D eigenvalue weighted by molar-refractivity contribution is 6.36. The molecule has 0 radical (unpaired) electrons. The fourth-order valence-corrected chi connectivity index (χ4v) is 2.27. The van der Waals surface area contributed by atoms with E-state index < -0.39 is 23.2 Å². The third kappa shape index (κ3) is 2.76. The van der Waals surface area contributed by atoms with Crippen molar-refractivity contribution in [1.29, 1.82) is 0 Å². The molecule has 0 aromatic heterocycles. The number of benzene rings is 2. The highest BCUT2D eigenvalue weighted by atomic mass is 35.5. The van der Waals surface area contributed by atoms with Crippen LogP contribution in [0.4, 0.5) is 8.78 Å². The zero-order chi connectivity index (χ0) is 14.9. The standard InChI is InChI=1S/C14H8Cl2F2O2/c1-20-14(19)13-11(17)4-7(5-12(13)18)9-3-2-8(15)6-10(9)16/h2-6H,1H3. The summed E-state index contributed by atoms with van der Waals surface area (Å²) in [6.07, 6.45) is 0. The summed E-state index contributed by atoms with van der Waals surface area (Å²) < 4.78 is 32.0. The minimum atomic E-state index is -1.08. The average molecular weight is 317 g/mol. The highest BCUT2D eigenvalue weighted by Gasteiger charge is 2.20. The number of hydrogen-bond donors (Lipinski definition) is 0. The van der Waals surface area contributed by atoms with Gasteiger partial charge in [0.15, 0.2) is 0 Å². The monoisotopic (exact) mass is 316 g/mol. The summed E-state index contributed by atoms with van der Waals surface area (Å²) >= 11 is 11.7. The molecular formula is C14H8Cl2F2O2. The Morgan fingerprint density at radius 1 is 1.10 bits per heavy atom. The van der Waals surface area contributed by atoms with Gasteiger partial charge in [-0.2, -0.15) is 0 Å². The first kappa shape index (κ1) is 14.8. The van der Waals surface area contributed by atoms with Crippen LogP contribution in [0.25, 0.3) is 11.1 Å². The van der Waals surface area contributed by atoms with Gasteiger partial charge >= 0.3 is 5.97 Å². The van der Waals surface area contributed by atoms with Gasteiger partial charge in [0.1, 0.15) is 17.2 Å². The largest absolute Gasteiger partial charge is 0.465 e. The lowest BCUT2D eigenvalue weighted by molar-refractivity contribution is 0.0590. The molecule has 20 heavy (non-hydrogen) atoms. The van der Waals surface area contributed by atoms with Crippen molar-refractivity contribution in [2.75, 3.05) is 7.11 Å². The van der Waals surface area contributed by atoms with Gasteiger partial charge in [0.25, 0.3) is 0 Å². The molecule has 0 saturated carbocycles. The maximum Gasteiger partial charge on any atom is 0.343 e. The second-order valence-electron chi connectivity index (χ2n) is 3.93. The van der Waals surface area contributed by atoms with E-state index in [-0.39, 0.29) is 10.6 Å². The van der Waals surface area contributed by atoms with Gasteiger partial charge in [-0.1, -0.05) is 29.3 Å². The highest BCUT2D eigenvalue weighted by Crippen LogP contribution is 2.32. The molecule has 2 rings (SSSR count). The van der Waals surface area contributed by atoms with E-state index in [0.717, 1.165) is 19.2 Å². The van der Waals surface area contributed by atoms with Crippen molar-refractivity contribution in [3.05, 3.63) is 57.6 Å². The van der Waals surface area contributed by atoms with E-state index in [9.17, 15) is 13.6 Å². The van der Waals surface area contributed by atoms with Gasteiger partial charge in [-0.25, -0.2) is 13.6 Å². The molecule has 0 unspecified atom stereocenters. The molecule has 6 heteroatoms. The van der Waals surface area contributed by atoms with E-state index >= 15 is 0 Å². The number of esters is 1. The van der Waals surface area contributed by atoms with Crippen LogP contribution >= 0.6 is 23.2 Å². The van der Waals surface area contributed by atoms with Gasteiger partial charge in [0.2, 0.25) is 0 Å². The number of ether oxygens (including phenoxy) is 1. The molecule has 0 amide bonds. The fourth-order valence-electron chi connectivity index (χ4n) is 1.75. The lowest BCUT2D eigenvalue weighted by atomic mass is 10.0. The molecule has 2 aromatic carbocycles. The smallest absolute Gasteiger partial charge is 0.343 e. The Bertz CT molecular complexity index is 664. The first-order chi connectivity index (χ1) is 9.43. The van der Waals surface area contributed by atoms with Crippen molar-refractivity contribution in [2.45, 2.75) is 0 Å². The molecule has 0 fully saturated rings. The predicted octanol–water partition coefficient (Wildman–Crippen LogP) is 4.73. The topological polar surface area (TPSA) is 26.3 Å². The van der Waals surface area contributed by atoms with Gasteiger partial charge in [0, 0.05) is 15.6 Å². The number of methoxy groups -OCH3 is 1. The van der Waals surface area contributed by atoms with Crippen LogP contribution in [-0.2, 0) is 4.74 Å². The molecule has 2 aromatic rings. The van der Waals surface area contributed by atoms with Gasteiger partial charge in [-0.3, -0.25) is 0 Å². The molecular weight excluding hydrogens is 309 g/mol. The van der Waals surface area contributed by atoms with Crippen molar-refractivity contribution < 1.29 is 18.3 Å². The summed E-state index contributed by atoms with van der Waals surface area (Å²) in [4.78, 5) is 11.3. The van der Waals surface area contributed by atoms with Crippen LogP contribution in [0, 0.1) is 11.6 Å². The number of rotatable bonds is 2. The van der Waals surface area contributed by atoms with Gasteiger partial charge in [0.05, 0.1) is 7.11 Å². The lowest BCUT2D eigenvalue weighted by Gasteiger charge is -2.08. The molecule has 0 spiro atoms. The Kier molecular flexibility index (Phi) is 4.26. The van der Waals surface area contributed by atoms with E-state index in [1.165, 1.54) is 12.1 Å². The fraction of sp³-hybridized carbons (Fsp3) is 0.0714. The first-order valence-electron chi connectivity index (χ1n) is 5.47. The van der Waals surface area contributed by atoms with E-state index in [4.69, 9.17) is 23.2 Å². The van der Waals surface area contributed by atoms with Crippen molar-refractivity contribution in [2.24, 2.45) is 0 Å². The van der Waals surface area contributed by atoms with Crippen LogP contribution in [0.1, 0.15) is 10.4 Å². The van der Waals surface area contributed by atoms with Crippen molar-refractivity contribution >= 4 is 29.2 Å². The maximum atomic E-state index is 13.8. The van der Waals surface area contributed by atoms with Crippen LogP contribution in [0.15, 0.2) is 30.3 Å². The normalized spacial score (nSPS) is 10.4. The summed E-state index contributed by atoms with van der Waals surface area (Å²) in [7, 11) is 1.05. The minimum Gasteiger partial charge on any atom is -0.465 e. The number of carbonyl (C=O) groups excluding carboxylic acids is 1. The van der Waals surface area contributed by atoms with Crippen LogP contribution in [0.3, 0.4) is 0 Å². The molecule has 0 N–H and O–H groups in total. The first-order valence-corrected chi connectivity index (χ1v) is 6.22. The molecule has 104 valence electrons. The van der Waals surface area contributed by atoms with Crippen molar-refractivity contribution in [3.63, 3.8) is 0 Å². The van der Waals surface area contributed by atoms with E-state index in [2.05, 4.69) is 4.74 Å². The minimum absolute atomic E-state index is 0.203. The molecule has 0 aliphatic heterocycles. The zero-order valence-electron chi connectivity index (χ0n) is 10.2. The molecule has 2 nitrogen and oxygen atoms in total. The van der Waals surface area contributed by atoms with Gasteiger partial charge < -0.3 is 4.74 Å². The summed E-state index contributed by atoms with van der Waals surface area (Å²) in [6, 6.07) is 6.58. The molecule has 0 bridgehead atoms. The summed E-state index contributed by atoms with van der Waals surface area (Å²) in [6.45, 7) is 0. The Hall–Kier alpha value is -1.65. The Labute approximate surface area is 123 Å². The molecule has 0 aliphatic carbocycles. The molecule has 0 aliphatic rings. The third-order valence-electron chi connectivity index (χ3n) is 2.67. The summed E-state index contributed by atoms with van der Waals surface area (Å²) in [5.74, 6) is -3.11. The Morgan fingerprint density at radius 3 is 2.20 bits per heavy atom. The van der Waals surface area contributed by atoms with Crippen LogP contribution < -0.4 is 0 Å². The van der Waals surface area contributed by atoms with Crippen molar-refractivity contribution in [3.8, 4) is 11.1 Å². The van der Waals surface area contributed by atoms with E-state index in [0.29, 0.717) is 10.6 Å². The second kappa shape index (κ2) is 5.77. The van der Waals surface area contributed by atoms with Gasteiger partial charge in [-0.15, -0.1) is 0 Å². The second-order valence-corrected chi connectivity index (χ2v) is 4.77. The molecule has 0 atom stereocenters. The Balaban J connectivity index is 2.58. The summed E-state index contributed by atoms with van der Waals surface area (Å²) in [5.41, 5.74) is -0.124. The number of hydrogen-bond acceptors (Lipinski definition) is 2. The third-order valence-corrected chi connectivity index (χ3v) is 3.22. The predicted molar refractivity (Wildman–Crippen MR) is 73.2 cm³/mol. The van der Waals surface area contributed by atoms with Crippen LogP contribution in [-0.4, -0.2) is 13.1 Å². The number of halogens is 4. The summed E-state index contributed by atoms with van der Waals surface area (Å²) in [5, 5.41) is 0.660. The van der Waals surface area contributed by atoms with E-state index in [1.54, 1.807) is 6.07 Å². The maximum absolute atomic E-state index is 13.8. The van der Waals surface area contributed by atoms with Crippen LogP contribution in [0.5, 0.6) is 0 Å². The lowest BCUT2D eigenvalue weighted by Crippen LogP contribution is -2.08. The van der Waals surface area contributed by atoms with E-state index in [1.807, 2.05) is 0 Å². The van der Waals surface area contributed by atoms with Crippen LogP contribution in [0.2, 0.25) is 10.0 Å². The molecule has 0 saturated heterocycles. The van der Waals surface area contributed by atoms with Gasteiger partial charge in [-0.05, 0) is 29.8 Å². The van der Waals surface area contributed by atoms with Crippen molar-refractivity contribution in [1.82, 2.24) is 0 Å².